The predicted molar refractivity (Wildman–Crippen MR) is 188 cm³/mol. The number of hydrogen-bond donors (Lipinski definition) is 1. The summed E-state index contributed by atoms with van der Waals surface area (Å²) in [6, 6.07) is 9.50. The molecule has 0 radical (unpaired) electrons. The van der Waals surface area contributed by atoms with E-state index in [2.05, 4.69) is 10.2 Å². The van der Waals surface area contributed by atoms with E-state index >= 15 is 4.39 Å². The lowest BCUT2D eigenvalue weighted by atomic mass is 9.90. The van der Waals surface area contributed by atoms with Crippen molar-refractivity contribution in [3.05, 3.63) is 92.1 Å². The Bertz CT molecular complexity index is 1530. The zero-order chi connectivity index (χ0) is 34.7. The number of nitrogens with zero attached hydrogens (tertiary/aromatic N) is 2. The van der Waals surface area contributed by atoms with Crippen LogP contribution < -0.4 is 10.9 Å². The Morgan fingerprint density at radius 3 is 2.20 bits per heavy atom. The molecule has 2 atom stereocenters. The zero-order valence-corrected chi connectivity index (χ0v) is 29.7. The van der Waals surface area contributed by atoms with Crippen molar-refractivity contribution in [2.45, 2.75) is 93.7 Å². The lowest BCUT2D eigenvalue weighted by Gasteiger charge is -2.27. The number of likely N-dealkylation sites (N-methyl/N-ethyl adjacent to an activating group) is 1. The number of ether oxygens (including phenoxy) is 1. The first-order valence-corrected chi connectivity index (χ1v) is 16.4. The molecule has 254 valence electrons. The van der Waals surface area contributed by atoms with E-state index in [-0.39, 0.29) is 31.5 Å². The third-order valence-corrected chi connectivity index (χ3v) is 7.88. The van der Waals surface area contributed by atoms with Crippen LogP contribution in [0.25, 0.3) is 11.1 Å². The van der Waals surface area contributed by atoms with Crippen molar-refractivity contribution in [3.63, 3.8) is 0 Å². The molecule has 0 spiro atoms. The number of hydrogen-bond acceptors (Lipinski definition) is 5. The van der Waals surface area contributed by atoms with Gasteiger partial charge >= 0.3 is 5.97 Å². The Morgan fingerprint density at radius 2 is 1.63 bits per heavy atom. The average molecular weight is 638 g/mol. The standard InChI is InChI=1S/C36H48FN3O4.C2H6.H2/c1-10-44-32(41)20-30(29-19-28(18-25(6)34(29)37)33-23(4)12-11-13-24(33)5)38-35(42)31(16-22(2)3)40-21-27(14-15-39(8)9)17-26(7)36(40)43;1-2;/h11-13,17-19,21-22,30-31H,10,14-16,20H2,1-9H3,(H,38,42);1-2H3;1H/t30-,31?;;/m0../s1. The van der Waals surface area contributed by atoms with Crippen LogP contribution in [0.5, 0.6) is 0 Å². The Kier molecular flexibility index (Phi) is 14.9. The molecule has 0 aliphatic carbocycles. The largest absolute Gasteiger partial charge is 0.466 e. The van der Waals surface area contributed by atoms with E-state index in [0.29, 0.717) is 24.0 Å². The zero-order valence-electron chi connectivity index (χ0n) is 29.7. The number of nitrogens with one attached hydrogen (secondary N) is 1. The van der Waals surface area contributed by atoms with E-state index in [1.54, 1.807) is 39.1 Å². The minimum absolute atomic E-state index is 0. The highest BCUT2D eigenvalue weighted by molar-refractivity contribution is 5.82. The van der Waals surface area contributed by atoms with Crippen molar-refractivity contribution in [3.8, 4) is 11.1 Å². The topological polar surface area (TPSA) is 80.6 Å². The Balaban J connectivity index is 0.00000361. The maximum atomic E-state index is 15.9. The molecule has 8 heteroatoms. The van der Waals surface area contributed by atoms with Gasteiger partial charge in [-0.15, -0.1) is 0 Å². The molecule has 0 aliphatic rings. The number of aromatic nitrogens is 1. The van der Waals surface area contributed by atoms with Gasteiger partial charge in [-0.3, -0.25) is 14.4 Å². The molecular weight excluding hydrogens is 581 g/mol. The van der Waals surface area contributed by atoms with Crippen molar-refractivity contribution < 1.29 is 20.1 Å². The molecule has 0 aliphatic heterocycles. The number of benzene rings is 2. The van der Waals surface area contributed by atoms with Crippen LogP contribution in [-0.2, 0) is 20.7 Å². The molecule has 7 nitrogen and oxygen atoms in total. The minimum atomic E-state index is -1.01. The van der Waals surface area contributed by atoms with Gasteiger partial charge in [-0.25, -0.2) is 4.39 Å². The smallest absolute Gasteiger partial charge is 0.308 e. The number of rotatable bonds is 13. The summed E-state index contributed by atoms with van der Waals surface area (Å²) in [6.45, 7) is 18.1. The summed E-state index contributed by atoms with van der Waals surface area (Å²) >= 11 is 0. The number of pyridine rings is 1. The summed E-state index contributed by atoms with van der Waals surface area (Å²) in [5.74, 6) is -1.41. The van der Waals surface area contributed by atoms with Crippen LogP contribution in [0.15, 0.2) is 47.4 Å². The van der Waals surface area contributed by atoms with Gasteiger partial charge in [0.15, 0.2) is 0 Å². The third-order valence-electron chi connectivity index (χ3n) is 7.88. The first-order chi connectivity index (χ1) is 21.7. The van der Waals surface area contributed by atoms with Gasteiger partial charge in [-0.1, -0.05) is 45.9 Å². The Morgan fingerprint density at radius 1 is 1.00 bits per heavy atom. The van der Waals surface area contributed by atoms with Crippen LogP contribution in [0.1, 0.15) is 94.4 Å². The highest BCUT2D eigenvalue weighted by Crippen LogP contribution is 2.34. The first kappa shape index (κ1) is 38.4. The molecule has 0 bridgehead atoms. The van der Waals surface area contributed by atoms with Crippen LogP contribution >= 0.6 is 0 Å². The van der Waals surface area contributed by atoms with E-state index in [1.807, 2.05) is 79.9 Å². The van der Waals surface area contributed by atoms with Crippen molar-refractivity contribution in [1.82, 2.24) is 14.8 Å². The van der Waals surface area contributed by atoms with Crippen LogP contribution in [-0.4, -0.2) is 48.6 Å². The second-order valence-corrected chi connectivity index (χ2v) is 12.5. The van der Waals surface area contributed by atoms with E-state index in [1.165, 1.54) is 4.57 Å². The number of amides is 1. The number of aryl methyl sites for hydroxylation is 4. The fourth-order valence-corrected chi connectivity index (χ4v) is 5.69. The minimum Gasteiger partial charge on any atom is -0.466 e. The first-order valence-electron chi connectivity index (χ1n) is 16.4. The highest BCUT2D eigenvalue weighted by atomic mass is 19.1. The van der Waals surface area contributed by atoms with Crippen molar-refractivity contribution >= 4 is 11.9 Å². The summed E-state index contributed by atoms with van der Waals surface area (Å²) in [4.78, 5) is 42.4. The fraction of sp³-hybridized carbons (Fsp3) is 0.500. The number of carbonyl (C=O) groups is 2. The molecule has 0 fully saturated rings. The van der Waals surface area contributed by atoms with Crippen LogP contribution in [0.2, 0.25) is 0 Å². The summed E-state index contributed by atoms with van der Waals surface area (Å²) in [5, 5.41) is 2.97. The summed E-state index contributed by atoms with van der Waals surface area (Å²) < 4.78 is 22.7. The Hall–Kier alpha value is -3.78. The lowest BCUT2D eigenvalue weighted by Crippen LogP contribution is -2.41. The fourth-order valence-electron chi connectivity index (χ4n) is 5.69. The summed E-state index contributed by atoms with van der Waals surface area (Å²) in [5.41, 5.74) is 5.71. The van der Waals surface area contributed by atoms with Gasteiger partial charge in [0.05, 0.1) is 19.1 Å². The number of halogens is 1. The van der Waals surface area contributed by atoms with Gasteiger partial charge in [0.2, 0.25) is 5.91 Å². The van der Waals surface area contributed by atoms with E-state index < -0.39 is 29.8 Å². The molecule has 46 heavy (non-hydrogen) atoms. The predicted octanol–water partition coefficient (Wildman–Crippen LogP) is 7.66. The molecule has 1 aromatic heterocycles. The van der Waals surface area contributed by atoms with E-state index in [4.69, 9.17) is 4.74 Å². The summed E-state index contributed by atoms with van der Waals surface area (Å²) in [7, 11) is 3.97. The number of carbonyl (C=O) groups excluding carboxylic acids is 2. The molecule has 2 aromatic carbocycles. The lowest BCUT2D eigenvalue weighted by molar-refractivity contribution is -0.144. The maximum absolute atomic E-state index is 15.9. The SMILES string of the molecule is CC.CCOC(=O)C[C@H](NC(=O)C(CC(C)C)n1cc(CCN(C)C)cc(C)c1=O)c1cc(-c2c(C)cccc2C)cc(C)c1F.[HH]. The highest BCUT2D eigenvalue weighted by Gasteiger charge is 2.30. The molecule has 1 N–H and O–H groups in total. The van der Waals surface area contributed by atoms with Crippen molar-refractivity contribution in [1.29, 1.82) is 0 Å². The second kappa shape index (κ2) is 17.8. The van der Waals surface area contributed by atoms with Gasteiger partial charge in [-0.05, 0) is 119 Å². The molecule has 1 unspecified atom stereocenters. The van der Waals surface area contributed by atoms with Crippen molar-refractivity contribution in [2.75, 3.05) is 27.2 Å². The summed E-state index contributed by atoms with van der Waals surface area (Å²) in [6.07, 6.45) is 2.61. The molecule has 0 saturated carbocycles. The van der Waals surface area contributed by atoms with Crippen LogP contribution in [0.3, 0.4) is 0 Å². The maximum Gasteiger partial charge on any atom is 0.308 e. The van der Waals surface area contributed by atoms with Gasteiger partial charge in [0.25, 0.3) is 5.56 Å². The van der Waals surface area contributed by atoms with Gasteiger partial charge in [0, 0.05) is 25.3 Å². The quantitative estimate of drug-likeness (QED) is 0.195. The van der Waals surface area contributed by atoms with Gasteiger partial charge < -0.3 is 19.5 Å². The average Bonchev–Trinajstić information content (AvgIpc) is 2.98. The molecule has 0 saturated heterocycles. The van der Waals surface area contributed by atoms with Crippen LogP contribution in [0, 0.1) is 39.4 Å². The number of esters is 1. The molecule has 1 heterocycles. The molecular formula is C38H56FN3O4. The van der Waals surface area contributed by atoms with Crippen LogP contribution in [0.4, 0.5) is 4.39 Å². The Labute approximate surface area is 276 Å². The van der Waals surface area contributed by atoms with E-state index in [9.17, 15) is 14.4 Å². The molecule has 3 aromatic rings. The molecule has 3 rings (SSSR count). The normalized spacial score (nSPS) is 12.4. The van der Waals surface area contributed by atoms with Gasteiger partial charge in [-0.2, -0.15) is 0 Å². The van der Waals surface area contributed by atoms with Gasteiger partial charge in [0.1, 0.15) is 11.9 Å². The monoisotopic (exact) mass is 637 g/mol. The van der Waals surface area contributed by atoms with E-state index in [0.717, 1.165) is 34.4 Å². The second-order valence-electron chi connectivity index (χ2n) is 12.5. The third kappa shape index (κ3) is 10.1. The van der Waals surface area contributed by atoms with Crippen molar-refractivity contribution in [2.24, 2.45) is 5.92 Å². The molecule has 1 amide bonds.